The molecule has 2 aromatic heterocycles. The molecule has 0 saturated heterocycles. The molecule has 0 saturated carbocycles. The number of sulfonamides is 1. The van der Waals surface area contributed by atoms with Crippen molar-refractivity contribution in [2.45, 2.75) is 18.4 Å². The monoisotopic (exact) mass is 558 g/mol. The first-order valence-electron chi connectivity index (χ1n) is 12.4. The molecule has 0 radical (unpaired) electrons. The minimum atomic E-state index is -3.85. The number of methoxy groups -OCH3 is 1. The highest BCUT2D eigenvalue weighted by atomic mass is 32.2. The predicted octanol–water partition coefficient (Wildman–Crippen LogP) is 4.45. The van der Waals surface area contributed by atoms with Gasteiger partial charge >= 0.3 is 0 Å². The zero-order chi connectivity index (χ0) is 28.4. The molecule has 12 heteroatoms. The van der Waals surface area contributed by atoms with Crippen LogP contribution in [0.15, 0.2) is 77.8 Å². The van der Waals surface area contributed by atoms with E-state index in [9.17, 15) is 8.42 Å². The molecule has 0 aliphatic carbocycles. The lowest BCUT2D eigenvalue weighted by Crippen LogP contribution is -2.14. The molecule has 0 aliphatic rings. The number of hydrogen-bond donors (Lipinski definition) is 3. The number of hydrogen-bond acceptors (Lipinski definition) is 9. The zero-order valence-electron chi connectivity index (χ0n) is 22.6. The molecule has 0 spiro atoms. The van der Waals surface area contributed by atoms with Crippen LogP contribution in [0.3, 0.4) is 0 Å². The SMILES string of the molecule is COc1ccc(CNc2nc3cc(N(C)c4ccnc(Nc5ccc(C)c(S(N)(=O)=O)c5)n4)ccc3n2C)cc1. The van der Waals surface area contributed by atoms with Gasteiger partial charge < -0.3 is 24.8 Å². The number of imidazole rings is 1. The van der Waals surface area contributed by atoms with Crippen LogP contribution in [-0.2, 0) is 23.6 Å². The molecule has 0 amide bonds. The summed E-state index contributed by atoms with van der Waals surface area (Å²) in [6, 6.07) is 20.6. The van der Waals surface area contributed by atoms with Crippen molar-refractivity contribution in [3.05, 3.63) is 84.1 Å². The highest BCUT2D eigenvalue weighted by molar-refractivity contribution is 7.89. The number of aryl methyl sites for hydroxylation is 2. The van der Waals surface area contributed by atoms with Crippen molar-refractivity contribution in [3.63, 3.8) is 0 Å². The van der Waals surface area contributed by atoms with Crippen LogP contribution in [0.25, 0.3) is 11.0 Å². The van der Waals surface area contributed by atoms with Crippen LogP contribution in [-0.4, -0.2) is 42.1 Å². The van der Waals surface area contributed by atoms with Gasteiger partial charge in [-0.15, -0.1) is 0 Å². The number of rotatable bonds is 9. The van der Waals surface area contributed by atoms with Crippen molar-refractivity contribution in [3.8, 4) is 5.75 Å². The number of ether oxygens (including phenoxy) is 1. The first kappa shape index (κ1) is 26.9. The molecule has 0 atom stereocenters. The molecule has 5 aromatic rings. The maximum atomic E-state index is 11.9. The summed E-state index contributed by atoms with van der Waals surface area (Å²) in [7, 11) is 1.68. The minimum Gasteiger partial charge on any atom is -0.497 e. The largest absolute Gasteiger partial charge is 0.497 e. The van der Waals surface area contributed by atoms with Gasteiger partial charge in [0.05, 0.1) is 23.0 Å². The highest BCUT2D eigenvalue weighted by Crippen LogP contribution is 2.28. The van der Waals surface area contributed by atoms with Gasteiger partial charge in [-0.2, -0.15) is 4.98 Å². The van der Waals surface area contributed by atoms with Crippen molar-refractivity contribution in [1.29, 1.82) is 0 Å². The molecule has 11 nitrogen and oxygen atoms in total. The van der Waals surface area contributed by atoms with Gasteiger partial charge in [-0.25, -0.2) is 23.5 Å². The minimum absolute atomic E-state index is 0.0484. The summed E-state index contributed by atoms with van der Waals surface area (Å²) in [4.78, 5) is 15.7. The summed E-state index contributed by atoms with van der Waals surface area (Å²) in [5, 5.41) is 11.8. The van der Waals surface area contributed by atoms with Gasteiger partial charge in [0.2, 0.25) is 21.9 Å². The first-order chi connectivity index (χ1) is 19.1. The fourth-order valence-electron chi connectivity index (χ4n) is 4.32. The Bertz CT molecular complexity index is 1790. The Morgan fingerprint density at radius 3 is 2.52 bits per heavy atom. The molecule has 0 fully saturated rings. The Balaban J connectivity index is 1.34. The van der Waals surface area contributed by atoms with E-state index in [0.29, 0.717) is 29.6 Å². The summed E-state index contributed by atoms with van der Waals surface area (Å²) in [6.45, 7) is 2.32. The second-order valence-electron chi connectivity index (χ2n) is 9.32. The summed E-state index contributed by atoms with van der Waals surface area (Å²) in [6.07, 6.45) is 1.64. The normalized spacial score (nSPS) is 11.4. The molecule has 0 aliphatic heterocycles. The maximum absolute atomic E-state index is 11.9. The molecule has 0 bridgehead atoms. The van der Waals surface area contributed by atoms with Crippen molar-refractivity contribution >= 4 is 50.1 Å². The molecular formula is C28H30N8O3S. The van der Waals surface area contributed by atoms with Crippen molar-refractivity contribution in [1.82, 2.24) is 19.5 Å². The Morgan fingerprint density at radius 2 is 1.80 bits per heavy atom. The fraction of sp³-hybridized carbons (Fsp3) is 0.179. The number of nitrogens with one attached hydrogen (secondary N) is 2. The Morgan fingerprint density at radius 1 is 1.02 bits per heavy atom. The van der Waals surface area contributed by atoms with Gasteiger partial charge in [0.1, 0.15) is 11.6 Å². The number of fused-ring (bicyclic) bond motifs is 1. The number of aromatic nitrogens is 4. The highest BCUT2D eigenvalue weighted by Gasteiger charge is 2.15. The van der Waals surface area contributed by atoms with E-state index in [1.165, 1.54) is 6.07 Å². The van der Waals surface area contributed by atoms with Crippen LogP contribution in [0.1, 0.15) is 11.1 Å². The Hall–Kier alpha value is -4.68. The molecule has 40 heavy (non-hydrogen) atoms. The topological polar surface area (TPSA) is 140 Å². The maximum Gasteiger partial charge on any atom is 0.238 e. The van der Waals surface area contributed by atoms with E-state index in [1.807, 2.05) is 66.0 Å². The summed E-state index contributed by atoms with van der Waals surface area (Å²) in [5.74, 6) is 2.54. The van der Waals surface area contributed by atoms with Gasteiger partial charge in [-0.1, -0.05) is 18.2 Å². The van der Waals surface area contributed by atoms with Crippen molar-refractivity contribution < 1.29 is 13.2 Å². The second kappa shape index (κ2) is 10.8. The van der Waals surface area contributed by atoms with Crippen LogP contribution in [0.2, 0.25) is 0 Å². The van der Waals surface area contributed by atoms with Crippen LogP contribution >= 0.6 is 0 Å². The van der Waals surface area contributed by atoms with Gasteiger partial charge in [0.15, 0.2) is 0 Å². The number of anilines is 5. The lowest BCUT2D eigenvalue weighted by molar-refractivity contribution is 0.414. The molecule has 0 unspecified atom stereocenters. The molecule has 3 aromatic carbocycles. The van der Waals surface area contributed by atoms with Crippen LogP contribution in [0.5, 0.6) is 5.75 Å². The Kier molecular flexibility index (Phi) is 7.28. The second-order valence-corrected chi connectivity index (χ2v) is 10.8. The summed E-state index contributed by atoms with van der Waals surface area (Å²) < 4.78 is 31.0. The van der Waals surface area contributed by atoms with Gasteiger partial charge in [0, 0.05) is 38.2 Å². The summed E-state index contributed by atoms with van der Waals surface area (Å²) in [5.41, 5.74) is 4.92. The standard InChI is InChI=1S/C28H30N8O3S/c1-18-5-8-20(15-25(18)40(29,37)38)32-27-30-14-13-26(34-27)35(2)21-9-12-24-23(16-21)33-28(36(24)3)31-17-19-6-10-22(39-4)11-7-19/h5-16H,17H2,1-4H3,(H,31,33)(H2,29,37,38)(H,30,32,34). The lowest BCUT2D eigenvalue weighted by atomic mass is 10.2. The van der Waals surface area contributed by atoms with Crippen LogP contribution in [0, 0.1) is 6.92 Å². The number of primary sulfonamides is 1. The van der Waals surface area contributed by atoms with Crippen molar-refractivity contribution in [2.75, 3.05) is 29.7 Å². The van der Waals surface area contributed by atoms with Gasteiger partial charge in [0.25, 0.3) is 0 Å². The van der Waals surface area contributed by atoms with E-state index in [2.05, 4.69) is 20.6 Å². The third-order valence-electron chi connectivity index (χ3n) is 6.60. The van der Waals surface area contributed by atoms with E-state index in [1.54, 1.807) is 38.4 Å². The molecule has 5 rings (SSSR count). The predicted molar refractivity (Wildman–Crippen MR) is 157 cm³/mol. The third-order valence-corrected chi connectivity index (χ3v) is 7.65. The van der Waals surface area contributed by atoms with Crippen LogP contribution < -0.4 is 25.4 Å². The quantitative estimate of drug-likeness (QED) is 0.239. The van der Waals surface area contributed by atoms with E-state index in [-0.39, 0.29) is 4.90 Å². The molecule has 206 valence electrons. The van der Waals surface area contributed by atoms with Crippen molar-refractivity contribution in [2.24, 2.45) is 12.2 Å². The van der Waals surface area contributed by atoms with E-state index < -0.39 is 10.0 Å². The van der Waals surface area contributed by atoms with E-state index >= 15 is 0 Å². The average Bonchev–Trinajstić information content (AvgIpc) is 3.26. The third kappa shape index (κ3) is 5.67. The average molecular weight is 559 g/mol. The lowest BCUT2D eigenvalue weighted by Gasteiger charge is -2.19. The first-order valence-corrected chi connectivity index (χ1v) is 14.0. The smallest absolute Gasteiger partial charge is 0.238 e. The van der Waals surface area contributed by atoms with E-state index in [0.717, 1.165) is 34.0 Å². The number of benzene rings is 3. The summed E-state index contributed by atoms with van der Waals surface area (Å²) >= 11 is 0. The number of nitrogens with zero attached hydrogens (tertiary/aromatic N) is 5. The zero-order valence-corrected chi connectivity index (χ0v) is 23.4. The molecule has 2 heterocycles. The van der Waals surface area contributed by atoms with Gasteiger partial charge in [-0.05, 0) is 66.6 Å². The van der Waals surface area contributed by atoms with Crippen LogP contribution in [0.4, 0.5) is 29.1 Å². The molecular weight excluding hydrogens is 528 g/mol. The van der Waals surface area contributed by atoms with Gasteiger partial charge in [-0.3, -0.25) is 0 Å². The molecule has 4 N–H and O–H groups in total. The Labute approximate surface area is 232 Å². The fourth-order valence-corrected chi connectivity index (χ4v) is 5.13. The number of nitrogens with two attached hydrogens (primary N) is 1. The van der Waals surface area contributed by atoms with E-state index in [4.69, 9.17) is 14.9 Å².